The number of hydrogen-bond acceptors (Lipinski definition) is 4. The summed E-state index contributed by atoms with van der Waals surface area (Å²) in [6, 6.07) is 3.07. The smallest absolute Gasteiger partial charge is 0.271 e. The number of non-ortho nitro benzene ring substituents is 1. The Bertz CT molecular complexity index is 417. The maximum absolute atomic E-state index is 10.7. The summed E-state index contributed by atoms with van der Waals surface area (Å²) in [5, 5.41) is 10.7. The maximum atomic E-state index is 10.7. The highest BCUT2D eigenvalue weighted by atomic mass is 16.6. The molecule has 5 heteroatoms. The van der Waals surface area contributed by atoms with Crippen molar-refractivity contribution >= 4 is 11.4 Å². The number of nitro benzene ring substituents is 1. The van der Waals surface area contributed by atoms with Crippen LogP contribution in [0.5, 0.6) is 0 Å². The summed E-state index contributed by atoms with van der Waals surface area (Å²) in [6.07, 6.45) is 0.871. The van der Waals surface area contributed by atoms with Crippen LogP contribution in [0.25, 0.3) is 0 Å². The molecular weight excluding hydrogens is 194 g/mol. The quantitative estimate of drug-likeness (QED) is 0.426. The Kier molecular flexibility index (Phi) is 2.32. The van der Waals surface area contributed by atoms with Gasteiger partial charge in [-0.3, -0.25) is 10.1 Å². The second-order valence-electron chi connectivity index (χ2n) is 3.92. The first-order valence-electron chi connectivity index (χ1n) is 4.82. The molecule has 0 aliphatic carbocycles. The molecule has 0 spiro atoms. The average molecular weight is 207 g/mol. The molecule has 0 radical (unpaired) electrons. The van der Waals surface area contributed by atoms with E-state index in [9.17, 15) is 10.1 Å². The number of fused-ring (bicyclic) bond motifs is 1. The number of hydrogen-bond donors (Lipinski definition) is 1. The van der Waals surface area contributed by atoms with Gasteiger partial charge in [0.15, 0.2) is 0 Å². The summed E-state index contributed by atoms with van der Waals surface area (Å²) in [4.78, 5) is 12.4. The number of likely N-dealkylation sites (N-methyl/N-ethyl adjacent to an activating group) is 1. The van der Waals surface area contributed by atoms with Gasteiger partial charge >= 0.3 is 0 Å². The normalized spacial score (nSPS) is 16.1. The Morgan fingerprint density at radius 3 is 2.93 bits per heavy atom. The molecular formula is C10H13N3O2. The Labute approximate surface area is 87.6 Å². The third kappa shape index (κ3) is 1.78. The van der Waals surface area contributed by atoms with Crippen LogP contribution in [0.4, 0.5) is 11.4 Å². The topological polar surface area (TPSA) is 72.4 Å². The lowest BCUT2D eigenvalue weighted by molar-refractivity contribution is -0.384. The molecule has 15 heavy (non-hydrogen) atoms. The van der Waals surface area contributed by atoms with Gasteiger partial charge in [0.05, 0.1) is 4.92 Å². The molecule has 0 amide bonds. The summed E-state index contributed by atoms with van der Waals surface area (Å²) in [5.74, 6) is 0. The molecule has 5 nitrogen and oxygen atoms in total. The maximum Gasteiger partial charge on any atom is 0.271 e. The van der Waals surface area contributed by atoms with Crippen molar-refractivity contribution < 1.29 is 4.92 Å². The van der Waals surface area contributed by atoms with E-state index in [1.54, 1.807) is 6.07 Å². The van der Waals surface area contributed by atoms with Crippen LogP contribution in [0.2, 0.25) is 0 Å². The number of nitrogens with two attached hydrogens (primary N) is 1. The van der Waals surface area contributed by atoms with Gasteiger partial charge in [0.1, 0.15) is 0 Å². The second kappa shape index (κ2) is 3.51. The molecule has 0 fully saturated rings. The number of benzene rings is 1. The number of anilines is 1. The fourth-order valence-electron chi connectivity index (χ4n) is 1.96. The van der Waals surface area contributed by atoms with Crippen LogP contribution in [0.1, 0.15) is 11.1 Å². The summed E-state index contributed by atoms with van der Waals surface area (Å²) in [7, 11) is 2.00. The summed E-state index contributed by atoms with van der Waals surface area (Å²) in [5.41, 5.74) is 8.49. The standard InChI is InChI=1S/C10H13N3O2/c1-12-3-2-9-7(6-12)4-8(13(14)15)5-10(9)11/h4-5H,2-3,6,11H2,1H3. The van der Waals surface area contributed by atoms with E-state index >= 15 is 0 Å². The van der Waals surface area contributed by atoms with Crippen LogP contribution in [0.3, 0.4) is 0 Å². The zero-order valence-corrected chi connectivity index (χ0v) is 8.56. The highest BCUT2D eigenvalue weighted by Gasteiger charge is 2.19. The van der Waals surface area contributed by atoms with E-state index in [1.165, 1.54) is 6.07 Å². The minimum Gasteiger partial charge on any atom is -0.398 e. The molecule has 1 aromatic rings. The molecule has 0 saturated heterocycles. The van der Waals surface area contributed by atoms with Crippen molar-refractivity contribution in [3.63, 3.8) is 0 Å². The first-order valence-corrected chi connectivity index (χ1v) is 4.82. The Balaban J connectivity index is 2.48. The van der Waals surface area contributed by atoms with Gasteiger partial charge < -0.3 is 10.6 Å². The lowest BCUT2D eigenvalue weighted by atomic mass is 9.97. The van der Waals surface area contributed by atoms with Gasteiger partial charge in [-0.2, -0.15) is 0 Å². The van der Waals surface area contributed by atoms with E-state index in [0.29, 0.717) is 5.69 Å². The van der Waals surface area contributed by atoms with E-state index in [-0.39, 0.29) is 5.69 Å². The Morgan fingerprint density at radius 2 is 2.27 bits per heavy atom. The number of nitro groups is 1. The van der Waals surface area contributed by atoms with Crippen molar-refractivity contribution in [1.29, 1.82) is 0 Å². The zero-order chi connectivity index (χ0) is 11.0. The van der Waals surface area contributed by atoms with E-state index < -0.39 is 4.92 Å². The molecule has 2 rings (SSSR count). The SMILES string of the molecule is CN1CCc2c(N)cc([N+](=O)[O-])cc2C1. The van der Waals surface area contributed by atoms with Crippen molar-refractivity contribution in [2.24, 2.45) is 0 Å². The number of rotatable bonds is 1. The monoisotopic (exact) mass is 207 g/mol. The lowest BCUT2D eigenvalue weighted by Gasteiger charge is -2.25. The summed E-state index contributed by atoms with van der Waals surface area (Å²) in [6.45, 7) is 1.69. The van der Waals surface area contributed by atoms with Crippen LogP contribution < -0.4 is 5.73 Å². The van der Waals surface area contributed by atoms with Crippen molar-refractivity contribution in [3.05, 3.63) is 33.4 Å². The molecule has 0 bridgehead atoms. The van der Waals surface area contributed by atoms with Gasteiger partial charge in [-0.1, -0.05) is 0 Å². The van der Waals surface area contributed by atoms with Crippen LogP contribution in [-0.4, -0.2) is 23.4 Å². The number of nitrogen functional groups attached to an aromatic ring is 1. The van der Waals surface area contributed by atoms with Gasteiger partial charge in [0.25, 0.3) is 5.69 Å². The Hall–Kier alpha value is -1.62. The minimum absolute atomic E-state index is 0.0848. The van der Waals surface area contributed by atoms with Gasteiger partial charge in [-0.15, -0.1) is 0 Å². The highest BCUT2D eigenvalue weighted by Crippen LogP contribution is 2.28. The van der Waals surface area contributed by atoms with Crippen molar-refractivity contribution in [2.75, 3.05) is 19.3 Å². The van der Waals surface area contributed by atoms with E-state index in [0.717, 1.165) is 30.6 Å². The van der Waals surface area contributed by atoms with Gasteiger partial charge in [-0.25, -0.2) is 0 Å². The molecule has 0 aromatic heterocycles. The Morgan fingerprint density at radius 1 is 1.53 bits per heavy atom. The van der Waals surface area contributed by atoms with Crippen LogP contribution in [-0.2, 0) is 13.0 Å². The molecule has 1 aliphatic rings. The third-order valence-electron chi connectivity index (χ3n) is 2.76. The first kappa shape index (κ1) is 9.92. The lowest BCUT2D eigenvalue weighted by Crippen LogP contribution is -2.27. The minimum atomic E-state index is -0.398. The fourth-order valence-corrected chi connectivity index (χ4v) is 1.96. The molecule has 1 aliphatic heterocycles. The van der Waals surface area contributed by atoms with Crippen molar-refractivity contribution in [3.8, 4) is 0 Å². The molecule has 0 atom stereocenters. The molecule has 80 valence electrons. The van der Waals surface area contributed by atoms with Crippen LogP contribution in [0.15, 0.2) is 12.1 Å². The molecule has 1 heterocycles. The first-order chi connectivity index (χ1) is 7.08. The zero-order valence-electron chi connectivity index (χ0n) is 8.56. The third-order valence-corrected chi connectivity index (χ3v) is 2.76. The second-order valence-corrected chi connectivity index (χ2v) is 3.92. The predicted molar refractivity (Wildman–Crippen MR) is 57.5 cm³/mol. The van der Waals surface area contributed by atoms with E-state index in [4.69, 9.17) is 5.73 Å². The van der Waals surface area contributed by atoms with Gasteiger partial charge in [0, 0.05) is 30.9 Å². The summed E-state index contributed by atoms with van der Waals surface area (Å²) >= 11 is 0. The van der Waals surface area contributed by atoms with Crippen molar-refractivity contribution in [1.82, 2.24) is 4.90 Å². The molecule has 0 unspecified atom stereocenters. The van der Waals surface area contributed by atoms with E-state index in [1.807, 2.05) is 7.05 Å². The van der Waals surface area contributed by atoms with Gasteiger partial charge in [-0.05, 0) is 24.6 Å². The van der Waals surface area contributed by atoms with Gasteiger partial charge in [0.2, 0.25) is 0 Å². The van der Waals surface area contributed by atoms with Crippen LogP contribution >= 0.6 is 0 Å². The molecule has 2 N–H and O–H groups in total. The number of nitrogens with zero attached hydrogens (tertiary/aromatic N) is 2. The highest BCUT2D eigenvalue weighted by molar-refractivity contribution is 5.58. The largest absolute Gasteiger partial charge is 0.398 e. The molecule has 1 aromatic carbocycles. The fraction of sp³-hybridized carbons (Fsp3) is 0.400. The summed E-state index contributed by atoms with van der Waals surface area (Å²) < 4.78 is 0. The van der Waals surface area contributed by atoms with Crippen molar-refractivity contribution in [2.45, 2.75) is 13.0 Å². The molecule has 0 saturated carbocycles. The van der Waals surface area contributed by atoms with Crippen LogP contribution in [0, 0.1) is 10.1 Å². The van der Waals surface area contributed by atoms with E-state index in [2.05, 4.69) is 4.90 Å². The predicted octanol–water partition coefficient (Wildman–Crippen LogP) is 1.16. The average Bonchev–Trinajstić information content (AvgIpc) is 2.16.